The Labute approximate surface area is 202 Å². The van der Waals surface area contributed by atoms with E-state index in [1.54, 1.807) is 0 Å². The van der Waals surface area contributed by atoms with E-state index in [0.29, 0.717) is 31.9 Å². The quantitative estimate of drug-likeness (QED) is 0.694. The van der Waals surface area contributed by atoms with Gasteiger partial charge < -0.3 is 14.7 Å². The van der Waals surface area contributed by atoms with E-state index in [0.717, 1.165) is 63.1 Å². The van der Waals surface area contributed by atoms with Crippen LogP contribution in [0.5, 0.6) is 0 Å². The first-order valence-electron chi connectivity index (χ1n) is 12.7. The lowest BCUT2D eigenvalue weighted by Crippen LogP contribution is -2.51. The van der Waals surface area contributed by atoms with Gasteiger partial charge in [0, 0.05) is 69.2 Å². The summed E-state index contributed by atoms with van der Waals surface area (Å²) in [6.45, 7) is 7.94. The van der Waals surface area contributed by atoms with Gasteiger partial charge in [0.05, 0.1) is 6.04 Å². The number of hydrogen-bond donors (Lipinski definition) is 0. The molecule has 1 aromatic carbocycles. The van der Waals surface area contributed by atoms with E-state index >= 15 is 0 Å². The molecular weight excluding hydrogens is 428 g/mol. The Hall–Kier alpha value is -2.87. The zero-order chi connectivity index (χ0) is 23.7. The largest absolute Gasteiger partial charge is 0.368 e. The highest BCUT2D eigenvalue weighted by Crippen LogP contribution is 2.27. The number of amides is 2. The highest BCUT2D eigenvalue weighted by atomic mass is 16.2. The number of piperidine rings is 1. The molecule has 1 unspecified atom stereocenters. The Bertz CT molecular complexity index is 1030. The van der Waals surface area contributed by atoms with Crippen LogP contribution in [0, 0.1) is 0 Å². The summed E-state index contributed by atoms with van der Waals surface area (Å²) in [6, 6.07) is 10.3. The third kappa shape index (κ3) is 4.31. The van der Waals surface area contributed by atoms with E-state index in [1.807, 2.05) is 20.5 Å². The zero-order valence-electron chi connectivity index (χ0n) is 20.4. The van der Waals surface area contributed by atoms with Gasteiger partial charge in [-0.05, 0) is 45.5 Å². The smallest absolute Gasteiger partial charge is 0.274 e. The average molecular weight is 465 g/mol. The van der Waals surface area contributed by atoms with Crippen molar-refractivity contribution in [2.75, 3.05) is 51.2 Å². The summed E-state index contributed by atoms with van der Waals surface area (Å²) >= 11 is 0. The third-order valence-corrected chi connectivity index (χ3v) is 7.69. The highest BCUT2D eigenvalue weighted by Gasteiger charge is 2.36. The molecule has 3 aliphatic heterocycles. The number of carbonyl (C=O) groups is 2. The summed E-state index contributed by atoms with van der Waals surface area (Å²) in [5, 5.41) is 4.75. The van der Waals surface area contributed by atoms with Crippen LogP contribution in [0.1, 0.15) is 47.9 Å². The summed E-state index contributed by atoms with van der Waals surface area (Å²) in [4.78, 5) is 35.4. The lowest BCUT2D eigenvalue weighted by atomic mass is 9.99. The van der Waals surface area contributed by atoms with Crippen LogP contribution in [0.2, 0.25) is 0 Å². The van der Waals surface area contributed by atoms with Gasteiger partial charge in [-0.1, -0.05) is 24.6 Å². The summed E-state index contributed by atoms with van der Waals surface area (Å²) in [7, 11) is 2.05. The summed E-state index contributed by atoms with van der Waals surface area (Å²) in [6.07, 6.45) is 3.94. The lowest BCUT2D eigenvalue weighted by Gasteiger charge is -2.37. The van der Waals surface area contributed by atoms with Crippen molar-refractivity contribution in [3.8, 4) is 0 Å². The second-order valence-electron chi connectivity index (χ2n) is 9.71. The molecule has 0 N–H and O–H groups in total. The number of hydrogen-bond acceptors (Lipinski definition) is 5. The van der Waals surface area contributed by atoms with Gasteiger partial charge >= 0.3 is 0 Å². The van der Waals surface area contributed by atoms with Crippen molar-refractivity contribution in [3.63, 3.8) is 0 Å². The van der Waals surface area contributed by atoms with Crippen molar-refractivity contribution in [2.24, 2.45) is 0 Å². The van der Waals surface area contributed by atoms with Crippen molar-refractivity contribution in [1.29, 1.82) is 0 Å². The standard InChI is InChI=1S/C26H36N6O2/c1-3-32-22-12-14-31(25(33)23-11-7-8-13-28(23)2)19-21(22)24(27-32)26(34)30-17-15-29(16-18-30)20-9-5-4-6-10-20/h4-6,9-10,23H,3,7-8,11-19H2,1-2H3. The molecule has 5 rings (SSSR count). The number of para-hydroxylation sites is 1. The SMILES string of the molecule is CCn1nc(C(=O)N2CCN(c3ccccc3)CC2)c2c1CCN(C(=O)C1CCCCN1C)C2. The van der Waals surface area contributed by atoms with E-state index in [9.17, 15) is 9.59 Å². The molecule has 0 spiro atoms. The molecule has 182 valence electrons. The third-order valence-electron chi connectivity index (χ3n) is 7.69. The summed E-state index contributed by atoms with van der Waals surface area (Å²) in [5.74, 6) is 0.201. The van der Waals surface area contributed by atoms with Crippen molar-refractivity contribution in [1.82, 2.24) is 24.5 Å². The predicted molar refractivity (Wildman–Crippen MR) is 132 cm³/mol. The first-order valence-corrected chi connectivity index (χ1v) is 12.7. The number of carbonyl (C=O) groups excluding carboxylic acids is 2. The van der Waals surface area contributed by atoms with Crippen molar-refractivity contribution in [3.05, 3.63) is 47.3 Å². The molecule has 8 heteroatoms. The Morgan fingerprint density at radius 2 is 1.74 bits per heavy atom. The molecular formula is C26H36N6O2. The maximum absolute atomic E-state index is 13.6. The number of likely N-dealkylation sites (N-methyl/N-ethyl adjacent to an activating group) is 1. The minimum atomic E-state index is -0.0401. The van der Waals surface area contributed by atoms with Crippen LogP contribution in [-0.4, -0.2) is 88.7 Å². The number of aryl methyl sites for hydroxylation is 1. The van der Waals surface area contributed by atoms with Crippen LogP contribution in [0.4, 0.5) is 5.69 Å². The maximum Gasteiger partial charge on any atom is 0.274 e. The van der Waals surface area contributed by atoms with Crippen LogP contribution < -0.4 is 4.90 Å². The number of fused-ring (bicyclic) bond motifs is 1. The van der Waals surface area contributed by atoms with E-state index < -0.39 is 0 Å². The summed E-state index contributed by atoms with van der Waals surface area (Å²) < 4.78 is 1.97. The number of rotatable bonds is 4. The van der Waals surface area contributed by atoms with Gasteiger partial charge in [0.1, 0.15) is 0 Å². The number of benzene rings is 1. The minimum Gasteiger partial charge on any atom is -0.368 e. The second-order valence-corrected chi connectivity index (χ2v) is 9.71. The zero-order valence-corrected chi connectivity index (χ0v) is 20.4. The molecule has 1 aromatic heterocycles. The second kappa shape index (κ2) is 9.78. The molecule has 4 heterocycles. The Balaban J connectivity index is 1.31. The lowest BCUT2D eigenvalue weighted by molar-refractivity contribution is -0.138. The van der Waals surface area contributed by atoms with E-state index in [-0.39, 0.29) is 17.9 Å². The van der Waals surface area contributed by atoms with E-state index in [1.165, 1.54) is 5.69 Å². The van der Waals surface area contributed by atoms with Gasteiger partial charge in [-0.25, -0.2) is 0 Å². The monoisotopic (exact) mass is 464 g/mol. The molecule has 2 fully saturated rings. The van der Waals surface area contributed by atoms with Crippen LogP contribution in [-0.2, 0) is 24.3 Å². The van der Waals surface area contributed by atoms with E-state index in [2.05, 4.69) is 48.0 Å². The Morgan fingerprint density at radius 3 is 2.44 bits per heavy atom. The molecule has 2 amide bonds. The van der Waals surface area contributed by atoms with E-state index in [4.69, 9.17) is 5.10 Å². The molecule has 2 aromatic rings. The Morgan fingerprint density at radius 1 is 0.971 bits per heavy atom. The molecule has 0 saturated carbocycles. The molecule has 0 radical (unpaired) electrons. The van der Waals surface area contributed by atoms with Crippen LogP contribution in [0.3, 0.4) is 0 Å². The van der Waals surface area contributed by atoms with Crippen molar-refractivity contribution in [2.45, 2.75) is 51.7 Å². The van der Waals surface area contributed by atoms with Gasteiger partial charge in [0.25, 0.3) is 5.91 Å². The fourth-order valence-electron chi connectivity index (χ4n) is 5.67. The van der Waals surface area contributed by atoms with Gasteiger partial charge in [-0.15, -0.1) is 0 Å². The number of likely N-dealkylation sites (tertiary alicyclic amines) is 1. The van der Waals surface area contributed by atoms with Gasteiger partial charge in [0.15, 0.2) is 5.69 Å². The van der Waals surface area contributed by atoms with Gasteiger partial charge in [0.2, 0.25) is 5.91 Å². The number of piperazine rings is 1. The van der Waals surface area contributed by atoms with Crippen LogP contribution >= 0.6 is 0 Å². The first-order chi connectivity index (χ1) is 16.6. The molecule has 34 heavy (non-hydrogen) atoms. The highest BCUT2D eigenvalue weighted by molar-refractivity contribution is 5.94. The molecule has 1 atom stereocenters. The normalized spacial score (nSPS) is 21.5. The molecule has 0 bridgehead atoms. The summed E-state index contributed by atoms with van der Waals surface area (Å²) in [5.41, 5.74) is 3.81. The molecule has 3 aliphatic rings. The van der Waals surface area contributed by atoms with Gasteiger partial charge in [-0.3, -0.25) is 19.2 Å². The topological polar surface area (TPSA) is 64.9 Å². The maximum atomic E-state index is 13.6. The van der Waals surface area contributed by atoms with Gasteiger partial charge in [-0.2, -0.15) is 5.10 Å². The number of nitrogens with zero attached hydrogens (tertiary/aromatic N) is 6. The molecule has 0 aliphatic carbocycles. The van der Waals surface area contributed by atoms with Crippen LogP contribution in [0.25, 0.3) is 0 Å². The van der Waals surface area contributed by atoms with Crippen LogP contribution in [0.15, 0.2) is 30.3 Å². The molecule has 2 saturated heterocycles. The fraction of sp³-hybridized carbons (Fsp3) is 0.577. The minimum absolute atomic E-state index is 0.000227. The number of anilines is 1. The fourth-order valence-corrected chi connectivity index (χ4v) is 5.67. The molecule has 8 nitrogen and oxygen atoms in total. The van der Waals surface area contributed by atoms with Crippen molar-refractivity contribution >= 4 is 17.5 Å². The van der Waals surface area contributed by atoms with Crippen molar-refractivity contribution < 1.29 is 9.59 Å². The Kier molecular flexibility index (Phi) is 6.59. The predicted octanol–water partition coefficient (Wildman–Crippen LogP) is 2.23. The number of aromatic nitrogens is 2. The first kappa shape index (κ1) is 22.9. The average Bonchev–Trinajstić information content (AvgIpc) is 3.27.